The number of fused-ring (bicyclic) bond motifs is 1. The van der Waals surface area contributed by atoms with Crippen LogP contribution in [0.4, 0.5) is 0 Å². The molecule has 4 saturated heterocycles. The second-order valence-electron chi connectivity index (χ2n) is 10.1. The van der Waals surface area contributed by atoms with Crippen molar-refractivity contribution in [3.8, 4) is 0 Å². The van der Waals surface area contributed by atoms with Crippen molar-refractivity contribution in [3.63, 3.8) is 0 Å². The van der Waals surface area contributed by atoms with Gasteiger partial charge in [0.1, 0.15) is 24.4 Å². The summed E-state index contributed by atoms with van der Waals surface area (Å²) in [5.41, 5.74) is 0. The average molecular weight is 415 g/mol. The third-order valence-electron chi connectivity index (χ3n) is 7.10. The fourth-order valence-corrected chi connectivity index (χ4v) is 5.10. The van der Waals surface area contributed by atoms with Gasteiger partial charge in [0, 0.05) is 5.92 Å². The minimum Gasteiger partial charge on any atom is -0.349 e. The molecule has 0 aromatic heterocycles. The van der Waals surface area contributed by atoms with Gasteiger partial charge in [-0.3, -0.25) is 0 Å². The van der Waals surface area contributed by atoms with E-state index in [0.29, 0.717) is 18.4 Å². The van der Waals surface area contributed by atoms with Crippen molar-refractivity contribution in [1.29, 1.82) is 0 Å². The van der Waals surface area contributed by atoms with Crippen molar-refractivity contribution in [1.82, 2.24) is 0 Å². The van der Waals surface area contributed by atoms with Crippen LogP contribution >= 0.6 is 0 Å². The minimum absolute atomic E-state index is 0.185. The zero-order valence-electron chi connectivity index (χ0n) is 19.0. The summed E-state index contributed by atoms with van der Waals surface area (Å²) in [6.45, 7) is 17.0. The number of ether oxygens (including phenoxy) is 7. The second-order valence-corrected chi connectivity index (χ2v) is 10.1. The summed E-state index contributed by atoms with van der Waals surface area (Å²) in [6.07, 6.45) is -0.905. The van der Waals surface area contributed by atoms with Crippen LogP contribution in [0.15, 0.2) is 0 Å². The van der Waals surface area contributed by atoms with Crippen LogP contribution in [0.3, 0.4) is 0 Å². The molecule has 4 heterocycles. The number of hydrogen-bond acceptors (Lipinski definition) is 7. The SMILES string of the molecule is CCC1OC(OC2[C@H](C3COC(C)(C)O3)O[C@H]3OC(C)(C)O[C@@H]23)C(C)C(C)C1C. The summed E-state index contributed by atoms with van der Waals surface area (Å²) >= 11 is 0. The number of rotatable bonds is 4. The topological polar surface area (TPSA) is 64.6 Å². The van der Waals surface area contributed by atoms with Gasteiger partial charge in [-0.05, 0) is 46.0 Å². The summed E-state index contributed by atoms with van der Waals surface area (Å²) in [7, 11) is 0. The van der Waals surface area contributed by atoms with Gasteiger partial charge in [-0.15, -0.1) is 0 Å². The third-order valence-corrected chi connectivity index (χ3v) is 7.10. The lowest BCUT2D eigenvalue weighted by atomic mass is 9.78. The van der Waals surface area contributed by atoms with E-state index in [9.17, 15) is 0 Å². The molecule has 29 heavy (non-hydrogen) atoms. The Hall–Kier alpha value is -0.280. The van der Waals surface area contributed by atoms with Gasteiger partial charge in [0.05, 0.1) is 12.7 Å². The highest BCUT2D eigenvalue weighted by atomic mass is 16.9. The smallest absolute Gasteiger partial charge is 0.190 e. The van der Waals surface area contributed by atoms with Gasteiger partial charge in [0.25, 0.3) is 0 Å². The molecule has 0 amide bonds. The summed E-state index contributed by atoms with van der Waals surface area (Å²) in [4.78, 5) is 0. The third kappa shape index (κ3) is 4.12. The van der Waals surface area contributed by atoms with Gasteiger partial charge >= 0.3 is 0 Å². The largest absolute Gasteiger partial charge is 0.349 e. The Balaban J connectivity index is 1.54. The minimum atomic E-state index is -0.707. The van der Waals surface area contributed by atoms with Gasteiger partial charge in [-0.1, -0.05) is 27.7 Å². The molecule has 10 atom stereocenters. The first-order chi connectivity index (χ1) is 13.5. The molecule has 7 heteroatoms. The molecule has 0 spiro atoms. The van der Waals surface area contributed by atoms with Crippen LogP contribution in [0.5, 0.6) is 0 Å². The van der Waals surface area contributed by atoms with Gasteiger partial charge in [-0.25, -0.2) is 0 Å². The highest BCUT2D eigenvalue weighted by Crippen LogP contribution is 2.44. The van der Waals surface area contributed by atoms with Crippen LogP contribution in [-0.4, -0.2) is 61.3 Å². The zero-order valence-corrected chi connectivity index (χ0v) is 19.0. The Morgan fingerprint density at radius 1 is 0.828 bits per heavy atom. The monoisotopic (exact) mass is 414 g/mol. The van der Waals surface area contributed by atoms with Crippen LogP contribution in [0.25, 0.3) is 0 Å². The predicted molar refractivity (Wildman–Crippen MR) is 105 cm³/mol. The van der Waals surface area contributed by atoms with Gasteiger partial charge in [-0.2, -0.15) is 0 Å². The molecule has 7 nitrogen and oxygen atoms in total. The molecule has 0 aromatic carbocycles. The first-order valence-electron chi connectivity index (χ1n) is 11.1. The molecule has 0 bridgehead atoms. The van der Waals surface area contributed by atoms with E-state index in [-0.39, 0.29) is 42.7 Å². The van der Waals surface area contributed by atoms with E-state index in [1.54, 1.807) is 0 Å². The normalized spacial score (nSPS) is 51.3. The van der Waals surface area contributed by atoms with Crippen molar-refractivity contribution in [3.05, 3.63) is 0 Å². The Morgan fingerprint density at radius 2 is 1.55 bits per heavy atom. The van der Waals surface area contributed by atoms with Crippen molar-refractivity contribution < 1.29 is 33.2 Å². The molecule has 0 N–H and O–H groups in total. The second kappa shape index (κ2) is 7.69. The van der Waals surface area contributed by atoms with Gasteiger partial charge < -0.3 is 33.2 Å². The van der Waals surface area contributed by atoms with Gasteiger partial charge in [0.2, 0.25) is 0 Å². The molecule has 0 aromatic rings. The van der Waals surface area contributed by atoms with E-state index in [1.807, 2.05) is 27.7 Å². The molecule has 4 fully saturated rings. The molecule has 0 radical (unpaired) electrons. The van der Waals surface area contributed by atoms with E-state index < -0.39 is 17.9 Å². The van der Waals surface area contributed by atoms with E-state index >= 15 is 0 Å². The molecule has 0 saturated carbocycles. The highest BCUT2D eigenvalue weighted by molar-refractivity contribution is 4.99. The average Bonchev–Trinajstić information content (AvgIpc) is 3.25. The van der Waals surface area contributed by atoms with Crippen LogP contribution < -0.4 is 0 Å². The lowest BCUT2D eigenvalue weighted by molar-refractivity contribution is -0.292. The molecule has 4 aliphatic rings. The summed E-state index contributed by atoms with van der Waals surface area (Å²) in [5.74, 6) is -0.0856. The Kier molecular flexibility index (Phi) is 5.82. The molecule has 4 rings (SSSR count). The Labute approximate surface area is 174 Å². The molecule has 168 valence electrons. The van der Waals surface area contributed by atoms with Crippen LogP contribution in [-0.2, 0) is 33.2 Å². The molecular weight excluding hydrogens is 376 g/mol. The van der Waals surface area contributed by atoms with E-state index in [2.05, 4.69) is 27.7 Å². The molecule has 0 aliphatic carbocycles. The van der Waals surface area contributed by atoms with Crippen LogP contribution in [0.2, 0.25) is 0 Å². The van der Waals surface area contributed by atoms with Crippen LogP contribution in [0, 0.1) is 17.8 Å². The maximum atomic E-state index is 6.63. The Bertz CT molecular complexity index is 592. The lowest BCUT2D eigenvalue weighted by Gasteiger charge is -2.44. The lowest BCUT2D eigenvalue weighted by Crippen LogP contribution is -2.51. The van der Waals surface area contributed by atoms with Gasteiger partial charge in [0.15, 0.2) is 24.2 Å². The molecular formula is C22H38O7. The molecule has 7 unspecified atom stereocenters. The maximum absolute atomic E-state index is 6.63. The van der Waals surface area contributed by atoms with Crippen molar-refractivity contribution in [2.75, 3.05) is 6.61 Å². The Morgan fingerprint density at radius 3 is 2.17 bits per heavy atom. The summed E-state index contributed by atoms with van der Waals surface area (Å²) in [5, 5.41) is 0. The van der Waals surface area contributed by atoms with Crippen molar-refractivity contribution in [2.24, 2.45) is 17.8 Å². The van der Waals surface area contributed by atoms with Crippen LogP contribution in [0.1, 0.15) is 61.8 Å². The van der Waals surface area contributed by atoms with E-state index in [4.69, 9.17) is 33.2 Å². The fourth-order valence-electron chi connectivity index (χ4n) is 5.10. The standard InChI is InChI=1S/C22H38O7/c1-9-14-12(3)11(2)13(4)19(24-14)26-17-16(15-10-23-21(5,6)27-15)25-20-18(17)28-22(7,8)29-20/h11-20H,9-10H2,1-8H3/t11?,12?,13?,14?,15?,16-,17?,18-,19?,20-/m0/s1. The predicted octanol–water partition coefficient (Wildman–Crippen LogP) is 3.44. The zero-order chi connectivity index (χ0) is 21.1. The summed E-state index contributed by atoms with van der Waals surface area (Å²) < 4.78 is 43.3. The van der Waals surface area contributed by atoms with E-state index in [1.165, 1.54) is 0 Å². The molecule has 4 aliphatic heterocycles. The van der Waals surface area contributed by atoms with Crippen molar-refractivity contribution >= 4 is 0 Å². The fraction of sp³-hybridized carbons (Fsp3) is 1.00. The first kappa shape index (κ1) is 21.9. The summed E-state index contributed by atoms with van der Waals surface area (Å²) in [6, 6.07) is 0. The van der Waals surface area contributed by atoms with E-state index in [0.717, 1.165) is 6.42 Å². The van der Waals surface area contributed by atoms with Crippen molar-refractivity contribution in [2.45, 2.75) is 116 Å². The highest BCUT2D eigenvalue weighted by Gasteiger charge is 2.60. The maximum Gasteiger partial charge on any atom is 0.190 e. The quantitative estimate of drug-likeness (QED) is 0.698. The number of hydrogen-bond donors (Lipinski definition) is 0. The first-order valence-corrected chi connectivity index (χ1v) is 11.1.